The minimum atomic E-state index is 0.194. The largest absolute Gasteiger partial charge is 0.307 e. The molecular formula is C11H16ClNS. The van der Waals surface area contributed by atoms with Crippen molar-refractivity contribution in [3.05, 3.63) is 21.3 Å². The third kappa shape index (κ3) is 1.71. The Kier molecular flexibility index (Phi) is 3.15. The molecule has 1 saturated heterocycles. The second-order valence-corrected chi connectivity index (χ2v) is 5.28. The third-order valence-electron chi connectivity index (χ3n) is 2.97. The van der Waals surface area contributed by atoms with Gasteiger partial charge >= 0.3 is 0 Å². The quantitative estimate of drug-likeness (QED) is 0.832. The second-order valence-electron chi connectivity index (χ2n) is 3.96. The van der Waals surface area contributed by atoms with Crippen LogP contribution >= 0.6 is 22.9 Å². The fraction of sp³-hybridized carbons (Fsp3) is 0.636. The van der Waals surface area contributed by atoms with E-state index in [2.05, 4.69) is 17.6 Å². The molecule has 1 atom stereocenters. The second kappa shape index (κ2) is 4.21. The first-order chi connectivity index (χ1) is 6.78. The van der Waals surface area contributed by atoms with Gasteiger partial charge in [-0.15, -0.1) is 11.3 Å². The Morgan fingerprint density at radius 3 is 3.00 bits per heavy atom. The predicted molar refractivity (Wildman–Crippen MR) is 63.2 cm³/mol. The first-order valence-corrected chi connectivity index (χ1v) is 6.53. The highest BCUT2D eigenvalue weighted by atomic mass is 35.5. The summed E-state index contributed by atoms with van der Waals surface area (Å²) in [6.07, 6.45) is 4.92. The summed E-state index contributed by atoms with van der Waals surface area (Å²) in [5, 5.41) is 6.68. The standard InChI is InChI=1S/C11H16ClNS/c1-2-5-11(6-3-7-13-11)10-9(12)4-8-14-10/h4,8,13H,2-3,5-7H2,1H3. The van der Waals surface area contributed by atoms with Gasteiger partial charge in [-0.05, 0) is 37.3 Å². The zero-order valence-corrected chi connectivity index (χ0v) is 10.0. The van der Waals surface area contributed by atoms with Gasteiger partial charge in [0.05, 0.1) is 10.6 Å². The van der Waals surface area contributed by atoms with Crippen molar-refractivity contribution < 1.29 is 0 Å². The van der Waals surface area contributed by atoms with Crippen molar-refractivity contribution in [2.75, 3.05) is 6.54 Å². The fourth-order valence-electron chi connectivity index (χ4n) is 2.39. The van der Waals surface area contributed by atoms with Gasteiger partial charge in [-0.3, -0.25) is 0 Å². The number of thiophene rings is 1. The molecule has 1 aliphatic heterocycles. The highest BCUT2D eigenvalue weighted by molar-refractivity contribution is 7.10. The van der Waals surface area contributed by atoms with Crippen LogP contribution in [0.2, 0.25) is 5.02 Å². The molecule has 2 rings (SSSR count). The zero-order valence-electron chi connectivity index (χ0n) is 8.48. The van der Waals surface area contributed by atoms with E-state index < -0.39 is 0 Å². The molecule has 3 heteroatoms. The summed E-state index contributed by atoms with van der Waals surface area (Å²) in [6.45, 7) is 3.37. The average molecular weight is 230 g/mol. The van der Waals surface area contributed by atoms with Crippen LogP contribution in [-0.2, 0) is 5.54 Å². The van der Waals surface area contributed by atoms with Gasteiger partial charge in [-0.2, -0.15) is 0 Å². The molecule has 1 nitrogen and oxygen atoms in total. The number of rotatable bonds is 3. The monoisotopic (exact) mass is 229 g/mol. The van der Waals surface area contributed by atoms with Gasteiger partial charge in [0.2, 0.25) is 0 Å². The van der Waals surface area contributed by atoms with E-state index in [0.29, 0.717) is 0 Å². The zero-order chi connectivity index (χ0) is 10.0. The number of halogens is 1. The molecule has 0 radical (unpaired) electrons. The highest BCUT2D eigenvalue weighted by Crippen LogP contribution is 2.41. The summed E-state index contributed by atoms with van der Waals surface area (Å²) in [5.74, 6) is 0. The maximum absolute atomic E-state index is 6.22. The van der Waals surface area contributed by atoms with Crippen molar-refractivity contribution in [1.29, 1.82) is 0 Å². The van der Waals surface area contributed by atoms with Crippen molar-refractivity contribution in [3.8, 4) is 0 Å². The molecule has 1 aromatic rings. The van der Waals surface area contributed by atoms with E-state index in [9.17, 15) is 0 Å². The van der Waals surface area contributed by atoms with E-state index in [4.69, 9.17) is 11.6 Å². The summed E-state index contributed by atoms with van der Waals surface area (Å²) >= 11 is 8.01. The Morgan fingerprint density at radius 2 is 2.50 bits per heavy atom. The van der Waals surface area contributed by atoms with Crippen LogP contribution in [0, 0.1) is 0 Å². The van der Waals surface area contributed by atoms with Crippen LogP contribution < -0.4 is 5.32 Å². The van der Waals surface area contributed by atoms with Crippen LogP contribution in [0.1, 0.15) is 37.5 Å². The summed E-state index contributed by atoms with van der Waals surface area (Å²) < 4.78 is 0. The average Bonchev–Trinajstić information content (AvgIpc) is 2.75. The Morgan fingerprint density at radius 1 is 1.64 bits per heavy atom. The van der Waals surface area contributed by atoms with E-state index in [1.54, 1.807) is 11.3 Å². The molecule has 1 unspecified atom stereocenters. The Balaban J connectivity index is 2.31. The van der Waals surface area contributed by atoms with Gasteiger partial charge < -0.3 is 5.32 Å². The minimum Gasteiger partial charge on any atom is -0.307 e. The van der Waals surface area contributed by atoms with Gasteiger partial charge in [-0.1, -0.05) is 24.9 Å². The van der Waals surface area contributed by atoms with Crippen molar-refractivity contribution in [2.45, 2.75) is 38.1 Å². The molecule has 0 aliphatic carbocycles. The molecule has 14 heavy (non-hydrogen) atoms. The molecule has 0 bridgehead atoms. The van der Waals surface area contributed by atoms with Gasteiger partial charge in [0.15, 0.2) is 0 Å². The first kappa shape index (κ1) is 10.5. The smallest absolute Gasteiger partial charge is 0.0564 e. The molecule has 1 aromatic heterocycles. The molecule has 0 spiro atoms. The lowest BCUT2D eigenvalue weighted by Gasteiger charge is -2.28. The fourth-order valence-corrected chi connectivity index (χ4v) is 3.86. The van der Waals surface area contributed by atoms with Crippen molar-refractivity contribution >= 4 is 22.9 Å². The molecular weight excluding hydrogens is 214 g/mol. The SMILES string of the molecule is CCCC1(c2sccc2Cl)CCCN1. The van der Waals surface area contributed by atoms with E-state index >= 15 is 0 Å². The Bertz CT molecular complexity index is 302. The predicted octanol–water partition coefficient (Wildman–Crippen LogP) is 3.78. The van der Waals surface area contributed by atoms with Crippen LogP contribution in [0.3, 0.4) is 0 Å². The van der Waals surface area contributed by atoms with Crippen LogP contribution in [-0.4, -0.2) is 6.54 Å². The molecule has 0 saturated carbocycles. The molecule has 0 aromatic carbocycles. The van der Waals surface area contributed by atoms with E-state index in [0.717, 1.165) is 11.6 Å². The summed E-state index contributed by atoms with van der Waals surface area (Å²) in [6, 6.07) is 2.01. The molecule has 1 aliphatic rings. The highest BCUT2D eigenvalue weighted by Gasteiger charge is 2.36. The number of hydrogen-bond donors (Lipinski definition) is 1. The van der Waals surface area contributed by atoms with Crippen LogP contribution in [0.25, 0.3) is 0 Å². The van der Waals surface area contributed by atoms with E-state index in [1.807, 2.05) is 6.07 Å². The van der Waals surface area contributed by atoms with Crippen molar-refractivity contribution in [1.82, 2.24) is 5.32 Å². The molecule has 2 heterocycles. The Hall–Kier alpha value is -0.0500. The van der Waals surface area contributed by atoms with E-state index in [-0.39, 0.29) is 5.54 Å². The molecule has 0 amide bonds. The van der Waals surface area contributed by atoms with Crippen molar-refractivity contribution in [2.24, 2.45) is 0 Å². The first-order valence-electron chi connectivity index (χ1n) is 5.27. The van der Waals surface area contributed by atoms with Crippen LogP contribution in [0.15, 0.2) is 11.4 Å². The maximum atomic E-state index is 6.22. The van der Waals surface area contributed by atoms with Gasteiger partial charge in [0.1, 0.15) is 0 Å². The van der Waals surface area contributed by atoms with Crippen molar-refractivity contribution in [3.63, 3.8) is 0 Å². The topological polar surface area (TPSA) is 12.0 Å². The molecule has 78 valence electrons. The number of hydrogen-bond acceptors (Lipinski definition) is 2. The minimum absolute atomic E-state index is 0.194. The lowest BCUT2D eigenvalue weighted by Crippen LogP contribution is -2.35. The van der Waals surface area contributed by atoms with Crippen LogP contribution in [0.5, 0.6) is 0 Å². The molecule has 1 fully saturated rings. The van der Waals surface area contributed by atoms with Gasteiger partial charge in [-0.25, -0.2) is 0 Å². The summed E-state index contributed by atoms with van der Waals surface area (Å²) in [4.78, 5) is 1.35. The normalized spacial score (nSPS) is 27.0. The maximum Gasteiger partial charge on any atom is 0.0564 e. The van der Waals surface area contributed by atoms with Gasteiger partial charge in [0.25, 0.3) is 0 Å². The van der Waals surface area contributed by atoms with Crippen LogP contribution in [0.4, 0.5) is 0 Å². The number of nitrogens with one attached hydrogen (secondary N) is 1. The van der Waals surface area contributed by atoms with Gasteiger partial charge in [0, 0.05) is 4.88 Å². The summed E-state index contributed by atoms with van der Waals surface area (Å²) in [5.41, 5.74) is 0.194. The molecule has 1 N–H and O–H groups in total. The third-order valence-corrected chi connectivity index (χ3v) is 4.52. The lowest BCUT2D eigenvalue weighted by molar-refractivity contribution is 0.363. The van der Waals surface area contributed by atoms with E-state index in [1.165, 1.54) is 30.6 Å². The lowest BCUT2D eigenvalue weighted by atomic mass is 9.90. The Labute approximate surface area is 94.5 Å². The summed E-state index contributed by atoms with van der Waals surface area (Å²) in [7, 11) is 0.